The van der Waals surface area contributed by atoms with Gasteiger partial charge in [-0.1, -0.05) is 38.1 Å². The SMILES string of the molecule is CC(C)c1ccc(-c2nc(C(=O)Nc3ccc(S(C)(=O)=O)cc3)cs2)cc1. The van der Waals surface area contributed by atoms with Gasteiger partial charge in [0.25, 0.3) is 5.91 Å². The van der Waals surface area contributed by atoms with Gasteiger partial charge in [0.2, 0.25) is 0 Å². The monoisotopic (exact) mass is 400 g/mol. The van der Waals surface area contributed by atoms with Crippen LogP contribution in [0.1, 0.15) is 35.8 Å². The molecule has 5 nitrogen and oxygen atoms in total. The molecule has 0 unspecified atom stereocenters. The number of sulfone groups is 1. The quantitative estimate of drug-likeness (QED) is 0.680. The van der Waals surface area contributed by atoms with Gasteiger partial charge in [-0.25, -0.2) is 13.4 Å². The molecule has 1 aromatic heterocycles. The molecule has 27 heavy (non-hydrogen) atoms. The Labute approximate surface area is 163 Å². The van der Waals surface area contributed by atoms with Crippen LogP contribution in [0.4, 0.5) is 5.69 Å². The minimum Gasteiger partial charge on any atom is -0.321 e. The van der Waals surface area contributed by atoms with Crippen LogP contribution in [-0.2, 0) is 9.84 Å². The second-order valence-corrected chi connectivity index (χ2v) is 9.44. The van der Waals surface area contributed by atoms with Crippen LogP contribution in [0, 0.1) is 0 Å². The molecule has 0 saturated carbocycles. The van der Waals surface area contributed by atoms with Crippen molar-refractivity contribution >= 4 is 32.8 Å². The topological polar surface area (TPSA) is 76.1 Å². The fourth-order valence-corrected chi connectivity index (χ4v) is 3.94. The molecule has 1 heterocycles. The number of nitrogens with one attached hydrogen (secondary N) is 1. The first-order valence-electron chi connectivity index (χ1n) is 8.41. The lowest BCUT2D eigenvalue weighted by molar-refractivity contribution is 0.102. The number of anilines is 1. The van der Waals surface area contributed by atoms with Crippen molar-refractivity contribution in [3.63, 3.8) is 0 Å². The van der Waals surface area contributed by atoms with Crippen molar-refractivity contribution in [2.24, 2.45) is 0 Å². The number of rotatable bonds is 5. The third-order valence-electron chi connectivity index (χ3n) is 4.10. The molecule has 1 N–H and O–H groups in total. The highest BCUT2D eigenvalue weighted by atomic mass is 32.2. The van der Waals surface area contributed by atoms with Crippen LogP contribution >= 0.6 is 11.3 Å². The van der Waals surface area contributed by atoms with Crippen molar-refractivity contribution < 1.29 is 13.2 Å². The van der Waals surface area contributed by atoms with Crippen molar-refractivity contribution in [3.05, 3.63) is 65.2 Å². The molecule has 0 aliphatic rings. The molecule has 0 radical (unpaired) electrons. The van der Waals surface area contributed by atoms with Gasteiger partial charge in [0.15, 0.2) is 9.84 Å². The smallest absolute Gasteiger partial charge is 0.275 e. The van der Waals surface area contributed by atoms with Crippen molar-refractivity contribution in [1.29, 1.82) is 0 Å². The minimum atomic E-state index is -3.26. The van der Waals surface area contributed by atoms with E-state index in [1.54, 1.807) is 17.5 Å². The van der Waals surface area contributed by atoms with Crippen LogP contribution in [0.3, 0.4) is 0 Å². The summed E-state index contributed by atoms with van der Waals surface area (Å²) in [6, 6.07) is 14.2. The Morgan fingerprint density at radius 3 is 2.22 bits per heavy atom. The van der Waals surface area contributed by atoms with Crippen LogP contribution in [-0.4, -0.2) is 25.6 Å². The predicted octanol–water partition coefficient (Wildman–Crippen LogP) is 4.59. The number of amides is 1. The molecular weight excluding hydrogens is 380 g/mol. The molecule has 0 saturated heterocycles. The summed E-state index contributed by atoms with van der Waals surface area (Å²) in [5.74, 6) is 0.133. The first kappa shape index (κ1) is 19.3. The van der Waals surface area contributed by atoms with Crippen molar-refractivity contribution in [3.8, 4) is 10.6 Å². The van der Waals surface area contributed by atoms with Gasteiger partial charge >= 0.3 is 0 Å². The summed E-state index contributed by atoms with van der Waals surface area (Å²) in [6.45, 7) is 4.28. The van der Waals surface area contributed by atoms with Gasteiger partial charge in [-0.2, -0.15) is 0 Å². The second-order valence-electron chi connectivity index (χ2n) is 6.57. The highest BCUT2D eigenvalue weighted by molar-refractivity contribution is 7.90. The predicted molar refractivity (Wildman–Crippen MR) is 109 cm³/mol. The van der Waals surface area contributed by atoms with E-state index in [-0.39, 0.29) is 10.8 Å². The van der Waals surface area contributed by atoms with Gasteiger partial charge < -0.3 is 5.32 Å². The maximum atomic E-state index is 12.4. The van der Waals surface area contributed by atoms with Crippen molar-refractivity contribution in [2.45, 2.75) is 24.7 Å². The number of hydrogen-bond donors (Lipinski definition) is 1. The highest BCUT2D eigenvalue weighted by Crippen LogP contribution is 2.26. The van der Waals surface area contributed by atoms with Gasteiger partial charge in [0, 0.05) is 22.9 Å². The molecule has 0 bridgehead atoms. The van der Waals surface area contributed by atoms with E-state index in [9.17, 15) is 13.2 Å². The molecule has 7 heteroatoms. The second kappa shape index (κ2) is 7.62. The van der Waals surface area contributed by atoms with Gasteiger partial charge in [-0.05, 0) is 35.7 Å². The van der Waals surface area contributed by atoms with Crippen LogP contribution < -0.4 is 5.32 Å². The lowest BCUT2D eigenvalue weighted by atomic mass is 10.0. The summed E-state index contributed by atoms with van der Waals surface area (Å²) < 4.78 is 23.0. The minimum absolute atomic E-state index is 0.210. The fraction of sp³-hybridized carbons (Fsp3) is 0.200. The van der Waals surface area contributed by atoms with Gasteiger partial charge in [-0.3, -0.25) is 4.79 Å². The molecule has 0 fully saturated rings. The first-order chi connectivity index (χ1) is 12.7. The number of nitrogens with zero attached hydrogens (tertiary/aromatic N) is 1. The third-order valence-corrected chi connectivity index (χ3v) is 6.12. The van der Waals surface area contributed by atoms with E-state index in [0.717, 1.165) is 16.8 Å². The molecule has 3 aromatic rings. The molecule has 3 rings (SSSR count). The zero-order valence-electron chi connectivity index (χ0n) is 15.3. The molecule has 2 aromatic carbocycles. The van der Waals surface area contributed by atoms with Crippen LogP contribution in [0.5, 0.6) is 0 Å². The normalized spacial score (nSPS) is 11.6. The molecule has 1 amide bonds. The van der Waals surface area contributed by atoms with E-state index >= 15 is 0 Å². The Hall–Kier alpha value is -2.51. The number of benzene rings is 2. The number of carbonyl (C=O) groups excluding carboxylic acids is 1. The number of hydrogen-bond acceptors (Lipinski definition) is 5. The number of carbonyl (C=O) groups is 1. The maximum Gasteiger partial charge on any atom is 0.275 e. The Balaban J connectivity index is 1.73. The molecule has 0 atom stereocenters. The van der Waals surface area contributed by atoms with E-state index in [1.165, 1.54) is 29.0 Å². The average molecular weight is 401 g/mol. The first-order valence-corrected chi connectivity index (χ1v) is 11.2. The standard InChI is InChI=1S/C20H20N2O3S2/c1-13(2)14-4-6-15(7-5-14)20-22-18(12-26-20)19(23)21-16-8-10-17(11-9-16)27(3,24)25/h4-13H,1-3H3,(H,21,23). The highest BCUT2D eigenvalue weighted by Gasteiger charge is 2.13. The Morgan fingerprint density at radius 2 is 1.67 bits per heavy atom. The maximum absolute atomic E-state index is 12.4. The van der Waals surface area contributed by atoms with Gasteiger partial charge in [0.05, 0.1) is 4.90 Å². The molecule has 0 spiro atoms. The van der Waals surface area contributed by atoms with Crippen LogP contribution in [0.15, 0.2) is 58.8 Å². The summed E-state index contributed by atoms with van der Waals surface area (Å²) >= 11 is 1.41. The van der Waals surface area contributed by atoms with Gasteiger partial charge in [0.1, 0.15) is 10.7 Å². The summed E-state index contributed by atoms with van der Waals surface area (Å²) in [7, 11) is -3.26. The summed E-state index contributed by atoms with van der Waals surface area (Å²) in [4.78, 5) is 17.0. The van der Waals surface area contributed by atoms with Gasteiger partial charge in [-0.15, -0.1) is 11.3 Å². The summed E-state index contributed by atoms with van der Waals surface area (Å²) in [6.07, 6.45) is 1.14. The molecule has 140 valence electrons. The largest absolute Gasteiger partial charge is 0.321 e. The van der Waals surface area contributed by atoms with Crippen LogP contribution in [0.2, 0.25) is 0 Å². The fourth-order valence-electron chi connectivity index (χ4n) is 2.50. The molecule has 0 aliphatic carbocycles. The zero-order chi connectivity index (χ0) is 19.6. The Bertz CT molecular complexity index is 1050. The Morgan fingerprint density at radius 1 is 1.04 bits per heavy atom. The lowest BCUT2D eigenvalue weighted by Crippen LogP contribution is -2.12. The zero-order valence-corrected chi connectivity index (χ0v) is 16.9. The van der Waals surface area contributed by atoms with E-state index in [4.69, 9.17) is 0 Å². The number of thiazole rings is 1. The van der Waals surface area contributed by atoms with Crippen molar-refractivity contribution in [2.75, 3.05) is 11.6 Å². The van der Waals surface area contributed by atoms with E-state index < -0.39 is 9.84 Å². The summed E-state index contributed by atoms with van der Waals surface area (Å²) in [5.41, 5.74) is 3.07. The van der Waals surface area contributed by atoms with E-state index in [2.05, 4.69) is 36.3 Å². The Kier molecular flexibility index (Phi) is 5.43. The summed E-state index contributed by atoms with van der Waals surface area (Å²) in [5, 5.41) is 5.23. The van der Waals surface area contributed by atoms with E-state index in [1.807, 2.05) is 12.1 Å². The van der Waals surface area contributed by atoms with Crippen molar-refractivity contribution in [1.82, 2.24) is 4.98 Å². The molecular formula is C20H20N2O3S2. The van der Waals surface area contributed by atoms with Crippen LogP contribution in [0.25, 0.3) is 10.6 Å². The average Bonchev–Trinajstić information content (AvgIpc) is 3.12. The van der Waals surface area contributed by atoms with E-state index in [0.29, 0.717) is 17.3 Å². The molecule has 0 aliphatic heterocycles. The number of aromatic nitrogens is 1. The lowest BCUT2D eigenvalue weighted by Gasteiger charge is -2.05. The third kappa shape index (κ3) is 4.61.